The minimum atomic E-state index is -1.43. The van der Waals surface area contributed by atoms with Crippen LogP contribution in [0.2, 0.25) is 0 Å². The molecule has 2 N–H and O–H groups in total. The van der Waals surface area contributed by atoms with Gasteiger partial charge in [-0.2, -0.15) is 0 Å². The molecule has 2 aromatic carbocycles. The van der Waals surface area contributed by atoms with Crippen molar-refractivity contribution in [2.24, 2.45) is 5.92 Å². The van der Waals surface area contributed by atoms with E-state index in [0.29, 0.717) is 16.5 Å². The number of rotatable bonds is 7. The summed E-state index contributed by atoms with van der Waals surface area (Å²) in [5.74, 6) is 1.31. The molecule has 7 nitrogen and oxygen atoms in total. The number of hydrogen-bond acceptors (Lipinski definition) is 4. The van der Waals surface area contributed by atoms with Gasteiger partial charge in [-0.1, -0.05) is 40.0 Å². The smallest absolute Gasteiger partial charge is 0.250 e. The molecular weight excluding hydrogens is 460 g/mol. The Bertz CT molecular complexity index is 1210. The minimum absolute atomic E-state index is 0.0736. The molecule has 0 radical (unpaired) electrons. The van der Waals surface area contributed by atoms with Gasteiger partial charge in [-0.15, -0.1) is 0 Å². The highest BCUT2D eigenvalue weighted by atomic mass is 32.2. The third-order valence-electron chi connectivity index (χ3n) is 6.66. The fourth-order valence-electron chi connectivity index (χ4n) is 4.81. The molecule has 1 fully saturated rings. The van der Waals surface area contributed by atoms with Crippen molar-refractivity contribution in [1.82, 2.24) is 9.55 Å². The molecule has 0 saturated heterocycles. The Morgan fingerprint density at radius 3 is 2.46 bits per heavy atom. The highest BCUT2D eigenvalue weighted by Gasteiger charge is 2.26. The first-order valence-electron chi connectivity index (χ1n) is 12.3. The first-order chi connectivity index (χ1) is 16.7. The molecule has 1 unspecified atom stereocenters. The summed E-state index contributed by atoms with van der Waals surface area (Å²) in [5.41, 5.74) is 3.36. The lowest BCUT2D eigenvalue weighted by molar-refractivity contribution is -0.118. The lowest BCUT2D eigenvalue weighted by Gasteiger charge is -2.26. The van der Waals surface area contributed by atoms with E-state index >= 15 is 0 Å². The Kier molecular flexibility index (Phi) is 7.62. The van der Waals surface area contributed by atoms with E-state index in [9.17, 15) is 9.00 Å². The Hall–Kier alpha value is -2.71. The number of carbonyl (C=O) groups is 1. The van der Waals surface area contributed by atoms with Crippen molar-refractivity contribution in [3.8, 4) is 0 Å². The number of aliphatic hydroxyl groups excluding tert-OH is 1. The van der Waals surface area contributed by atoms with Crippen LogP contribution in [-0.2, 0) is 27.7 Å². The van der Waals surface area contributed by atoms with Crippen LogP contribution in [0.3, 0.4) is 0 Å². The van der Waals surface area contributed by atoms with Crippen LogP contribution in [0, 0.1) is 5.92 Å². The van der Waals surface area contributed by atoms with Gasteiger partial charge in [-0.25, -0.2) is 9.19 Å². The largest absolute Gasteiger partial charge is 0.387 e. The van der Waals surface area contributed by atoms with Crippen molar-refractivity contribution in [2.45, 2.75) is 69.7 Å². The predicted octanol–water partition coefficient (Wildman–Crippen LogP) is 5.00. The molecule has 1 heterocycles. The number of fused-ring (bicyclic) bond motifs is 1. The van der Waals surface area contributed by atoms with Crippen molar-refractivity contribution in [3.63, 3.8) is 0 Å². The van der Waals surface area contributed by atoms with Gasteiger partial charge in [-0.3, -0.25) is 9.10 Å². The van der Waals surface area contributed by atoms with Crippen molar-refractivity contribution < 1.29 is 14.1 Å². The van der Waals surface area contributed by atoms with Gasteiger partial charge in [0.2, 0.25) is 5.91 Å². The average Bonchev–Trinajstić information content (AvgIpc) is 3.22. The Morgan fingerprint density at radius 2 is 1.83 bits per heavy atom. The van der Waals surface area contributed by atoms with Crippen LogP contribution in [0.25, 0.3) is 11.0 Å². The zero-order valence-corrected chi connectivity index (χ0v) is 21.9. The van der Waals surface area contributed by atoms with Gasteiger partial charge in [0.05, 0.1) is 21.6 Å². The molecule has 1 atom stereocenters. The Balaban J connectivity index is 1.59. The van der Waals surface area contributed by atoms with E-state index in [0.717, 1.165) is 29.1 Å². The van der Waals surface area contributed by atoms with E-state index < -0.39 is 23.5 Å². The maximum absolute atomic E-state index is 13.2. The number of hydrogen-bond donors (Lipinski definition) is 2. The number of nitrogens with zero attached hydrogens (tertiary/aromatic N) is 3. The van der Waals surface area contributed by atoms with Gasteiger partial charge >= 0.3 is 0 Å². The molecule has 1 saturated carbocycles. The third-order valence-corrected chi connectivity index (χ3v) is 8.05. The standard InChI is InChI=1S/C27H36N4O3S/c1-27(2,3)26-29-23-16-21(12-15-24(23)31(26)17-19-8-6-5-7-9-19)30(4)35(34)22-13-10-20(11-14-22)28-25(33)18-32/h10-16,19,32H,5-9,17-18H2,1-4H3,(H,28,33). The SMILES string of the molecule is CN(c1ccc2c(c1)nc(C(C)(C)C)n2CC1CCCCC1)S(=O)c1ccc(NC(=O)CO)cc1. The summed E-state index contributed by atoms with van der Waals surface area (Å²) in [6.45, 7) is 7.05. The molecule has 0 spiro atoms. The number of amides is 1. The second kappa shape index (κ2) is 10.5. The van der Waals surface area contributed by atoms with E-state index in [-0.39, 0.29) is 5.41 Å². The van der Waals surface area contributed by atoms with Crippen molar-refractivity contribution in [2.75, 3.05) is 23.3 Å². The Morgan fingerprint density at radius 1 is 1.14 bits per heavy atom. The van der Waals surface area contributed by atoms with Crippen molar-refractivity contribution in [3.05, 3.63) is 48.3 Å². The predicted molar refractivity (Wildman–Crippen MR) is 142 cm³/mol. The molecule has 1 amide bonds. The lowest BCUT2D eigenvalue weighted by atomic mass is 9.88. The summed E-state index contributed by atoms with van der Waals surface area (Å²) < 4.78 is 17.4. The molecule has 4 rings (SSSR count). The average molecular weight is 497 g/mol. The zero-order chi connectivity index (χ0) is 25.2. The minimum Gasteiger partial charge on any atom is -0.387 e. The molecule has 188 valence electrons. The summed E-state index contributed by atoms with van der Waals surface area (Å²) in [4.78, 5) is 17.0. The third kappa shape index (κ3) is 5.76. The molecule has 0 aliphatic heterocycles. The monoisotopic (exact) mass is 496 g/mol. The second-order valence-electron chi connectivity index (χ2n) is 10.5. The van der Waals surface area contributed by atoms with Gasteiger partial charge in [0.25, 0.3) is 0 Å². The molecule has 1 aromatic heterocycles. The molecule has 1 aliphatic carbocycles. The van der Waals surface area contributed by atoms with E-state index in [1.165, 1.54) is 32.1 Å². The quantitative estimate of drug-likeness (QED) is 0.482. The summed E-state index contributed by atoms with van der Waals surface area (Å²) in [7, 11) is 0.379. The molecular formula is C27H36N4O3S. The molecule has 3 aromatic rings. The number of carbonyl (C=O) groups excluding carboxylic acids is 1. The number of anilines is 2. The number of imidazole rings is 1. The van der Waals surface area contributed by atoms with Crippen molar-refractivity contribution >= 4 is 39.3 Å². The summed E-state index contributed by atoms with van der Waals surface area (Å²) in [5, 5.41) is 11.5. The highest BCUT2D eigenvalue weighted by molar-refractivity contribution is 7.86. The second-order valence-corrected chi connectivity index (χ2v) is 12.0. The number of nitrogens with one attached hydrogen (secondary N) is 1. The Labute approximate surface area is 210 Å². The van der Waals surface area contributed by atoms with Crippen LogP contribution in [0.4, 0.5) is 11.4 Å². The van der Waals surface area contributed by atoms with Crippen LogP contribution in [0.1, 0.15) is 58.7 Å². The summed E-state index contributed by atoms with van der Waals surface area (Å²) in [6.07, 6.45) is 6.55. The first kappa shape index (κ1) is 25.4. The van der Waals surface area contributed by atoms with Crippen LogP contribution in [-0.4, -0.2) is 38.4 Å². The normalized spacial score (nSPS) is 15.8. The number of aromatic nitrogens is 2. The fraction of sp³-hybridized carbons (Fsp3) is 0.481. The molecule has 0 bridgehead atoms. The van der Waals surface area contributed by atoms with Gasteiger partial charge in [0.15, 0.2) is 11.0 Å². The topological polar surface area (TPSA) is 87.5 Å². The van der Waals surface area contributed by atoms with E-state index in [4.69, 9.17) is 10.1 Å². The van der Waals surface area contributed by atoms with Crippen LogP contribution >= 0.6 is 0 Å². The van der Waals surface area contributed by atoms with E-state index in [1.807, 2.05) is 19.2 Å². The maximum Gasteiger partial charge on any atom is 0.250 e. The highest BCUT2D eigenvalue weighted by Crippen LogP contribution is 2.33. The lowest BCUT2D eigenvalue weighted by Crippen LogP contribution is -2.22. The number of aliphatic hydroxyl groups is 1. The first-order valence-corrected chi connectivity index (χ1v) is 13.4. The number of benzene rings is 2. The summed E-state index contributed by atoms with van der Waals surface area (Å²) in [6, 6.07) is 12.9. The summed E-state index contributed by atoms with van der Waals surface area (Å²) >= 11 is 0. The van der Waals surface area contributed by atoms with E-state index in [1.54, 1.807) is 28.6 Å². The zero-order valence-electron chi connectivity index (χ0n) is 21.1. The van der Waals surface area contributed by atoms with Crippen molar-refractivity contribution in [1.29, 1.82) is 0 Å². The van der Waals surface area contributed by atoms with Crippen LogP contribution in [0.5, 0.6) is 0 Å². The molecule has 1 aliphatic rings. The molecule has 8 heteroatoms. The molecule has 35 heavy (non-hydrogen) atoms. The fourth-order valence-corrected chi connectivity index (χ4v) is 5.80. The maximum atomic E-state index is 13.2. The van der Waals surface area contributed by atoms with Gasteiger partial charge in [-0.05, 0) is 61.2 Å². The van der Waals surface area contributed by atoms with Gasteiger partial charge in [0, 0.05) is 24.7 Å². The van der Waals surface area contributed by atoms with Crippen LogP contribution < -0.4 is 9.62 Å². The van der Waals surface area contributed by atoms with Gasteiger partial charge in [0.1, 0.15) is 12.4 Å². The van der Waals surface area contributed by atoms with E-state index in [2.05, 4.69) is 36.7 Å². The van der Waals surface area contributed by atoms with Crippen LogP contribution in [0.15, 0.2) is 47.4 Å². The van der Waals surface area contributed by atoms with Gasteiger partial charge < -0.3 is 15.0 Å².